The molecule has 0 aliphatic rings. The van der Waals surface area contributed by atoms with E-state index in [1.807, 2.05) is 0 Å². The first-order valence-corrected chi connectivity index (χ1v) is 4.65. The highest BCUT2D eigenvalue weighted by atomic mass is 35.5. The zero-order valence-electron chi connectivity index (χ0n) is 8.02. The molecular weight excluding hydrogens is 225 g/mol. The summed E-state index contributed by atoms with van der Waals surface area (Å²) in [4.78, 5) is 15.2. The van der Waals surface area contributed by atoms with Crippen LogP contribution < -0.4 is 0 Å². The fourth-order valence-electron chi connectivity index (χ4n) is 1.06. The Morgan fingerprint density at radius 1 is 1.21 bits per heavy atom. The number of hydrogen-bond acceptors (Lipinski definition) is 3. The predicted octanol–water partition coefficient (Wildman–Crippen LogP) is 2.79. The van der Waals surface area contributed by atoms with Crippen LogP contribution in [-0.2, 0) is 4.74 Å². The van der Waals surface area contributed by atoms with Gasteiger partial charge in [0.2, 0.25) is 0 Å². The number of halogens is 2. The van der Waals surface area contributed by atoms with Crippen LogP contribution in [0, 0.1) is 13.8 Å². The zero-order chi connectivity index (χ0) is 10.9. The second kappa shape index (κ2) is 4.15. The molecule has 0 saturated carbocycles. The first-order chi connectivity index (χ1) is 6.49. The van der Waals surface area contributed by atoms with Gasteiger partial charge in [-0.2, -0.15) is 0 Å². The third-order valence-electron chi connectivity index (χ3n) is 2.04. The van der Waals surface area contributed by atoms with Gasteiger partial charge in [-0.15, -0.1) is 0 Å². The van der Waals surface area contributed by atoms with Crippen LogP contribution in [0.4, 0.5) is 0 Å². The average molecular weight is 234 g/mol. The van der Waals surface area contributed by atoms with E-state index in [0.29, 0.717) is 10.7 Å². The third kappa shape index (κ3) is 1.83. The molecule has 0 bridgehead atoms. The highest BCUT2D eigenvalue weighted by molar-refractivity contribution is 6.35. The van der Waals surface area contributed by atoms with Crippen LogP contribution in [0.1, 0.15) is 21.5 Å². The second-order valence-corrected chi connectivity index (χ2v) is 3.53. The minimum atomic E-state index is -0.500. The lowest BCUT2D eigenvalue weighted by Gasteiger charge is -2.09. The number of ether oxygens (including phenoxy) is 1. The van der Waals surface area contributed by atoms with Crippen molar-refractivity contribution in [3.63, 3.8) is 0 Å². The number of nitrogens with zero attached hydrogens (tertiary/aromatic N) is 1. The number of pyridine rings is 1. The standard InChI is InChI=1S/C9H9Cl2NO2/c1-4-5(2)7(10)12-8(11)6(4)9(13)14-3/h1-3H3. The third-order valence-corrected chi connectivity index (χ3v) is 2.68. The molecule has 0 spiro atoms. The van der Waals surface area contributed by atoms with Gasteiger partial charge in [0.15, 0.2) is 0 Å². The number of carbonyl (C=O) groups is 1. The maximum Gasteiger partial charge on any atom is 0.341 e. The van der Waals surface area contributed by atoms with E-state index in [2.05, 4.69) is 9.72 Å². The van der Waals surface area contributed by atoms with E-state index in [-0.39, 0.29) is 10.7 Å². The quantitative estimate of drug-likeness (QED) is 0.554. The lowest BCUT2D eigenvalue weighted by atomic mass is 10.1. The van der Waals surface area contributed by atoms with Gasteiger partial charge in [0, 0.05) is 0 Å². The Labute approximate surface area is 92.0 Å². The lowest BCUT2D eigenvalue weighted by Crippen LogP contribution is -2.07. The van der Waals surface area contributed by atoms with Crippen molar-refractivity contribution in [2.45, 2.75) is 13.8 Å². The van der Waals surface area contributed by atoms with E-state index in [1.165, 1.54) is 7.11 Å². The molecule has 0 saturated heterocycles. The lowest BCUT2D eigenvalue weighted by molar-refractivity contribution is 0.0599. The van der Waals surface area contributed by atoms with Gasteiger partial charge in [-0.3, -0.25) is 0 Å². The Morgan fingerprint density at radius 3 is 2.29 bits per heavy atom. The number of rotatable bonds is 1. The van der Waals surface area contributed by atoms with Crippen molar-refractivity contribution in [3.05, 3.63) is 27.0 Å². The van der Waals surface area contributed by atoms with Crippen molar-refractivity contribution in [1.29, 1.82) is 0 Å². The van der Waals surface area contributed by atoms with Crippen LogP contribution in [0.25, 0.3) is 0 Å². The summed E-state index contributed by atoms with van der Waals surface area (Å²) in [6.45, 7) is 3.52. The van der Waals surface area contributed by atoms with Crippen LogP contribution in [0.3, 0.4) is 0 Å². The fourth-order valence-corrected chi connectivity index (χ4v) is 1.64. The summed E-state index contributed by atoms with van der Waals surface area (Å²) in [7, 11) is 1.29. The molecule has 0 aromatic carbocycles. The molecule has 14 heavy (non-hydrogen) atoms. The molecule has 0 atom stereocenters. The van der Waals surface area contributed by atoms with Gasteiger partial charge in [0.25, 0.3) is 0 Å². The highest BCUT2D eigenvalue weighted by Gasteiger charge is 2.18. The molecule has 1 rings (SSSR count). The van der Waals surface area contributed by atoms with Gasteiger partial charge in [-0.1, -0.05) is 23.2 Å². The van der Waals surface area contributed by atoms with Gasteiger partial charge in [0.1, 0.15) is 15.9 Å². The normalized spacial score (nSPS) is 10.1. The van der Waals surface area contributed by atoms with Crippen molar-refractivity contribution >= 4 is 29.2 Å². The minimum absolute atomic E-state index is 0.0740. The van der Waals surface area contributed by atoms with Gasteiger partial charge < -0.3 is 4.74 Å². The number of esters is 1. The molecule has 0 amide bonds. The summed E-state index contributed by atoms with van der Waals surface area (Å²) in [6, 6.07) is 0. The van der Waals surface area contributed by atoms with Crippen molar-refractivity contribution in [2.75, 3.05) is 7.11 Å². The first-order valence-electron chi connectivity index (χ1n) is 3.89. The SMILES string of the molecule is COC(=O)c1c(Cl)nc(Cl)c(C)c1C. The van der Waals surface area contributed by atoms with Crippen molar-refractivity contribution in [3.8, 4) is 0 Å². The zero-order valence-corrected chi connectivity index (χ0v) is 9.53. The second-order valence-electron chi connectivity index (χ2n) is 2.81. The maximum absolute atomic E-state index is 11.3. The summed E-state index contributed by atoms with van der Waals surface area (Å²) in [5.74, 6) is -0.500. The monoisotopic (exact) mass is 233 g/mol. The van der Waals surface area contributed by atoms with E-state index < -0.39 is 5.97 Å². The van der Waals surface area contributed by atoms with E-state index >= 15 is 0 Å². The largest absolute Gasteiger partial charge is 0.465 e. The van der Waals surface area contributed by atoms with Crippen LogP contribution in [0.15, 0.2) is 0 Å². The van der Waals surface area contributed by atoms with Crippen LogP contribution in [0.2, 0.25) is 10.3 Å². The van der Waals surface area contributed by atoms with E-state index in [4.69, 9.17) is 23.2 Å². The van der Waals surface area contributed by atoms with Gasteiger partial charge in [-0.05, 0) is 25.0 Å². The van der Waals surface area contributed by atoms with E-state index in [0.717, 1.165) is 5.56 Å². The highest BCUT2D eigenvalue weighted by Crippen LogP contribution is 2.26. The number of methoxy groups -OCH3 is 1. The van der Waals surface area contributed by atoms with Crippen LogP contribution >= 0.6 is 23.2 Å². The topological polar surface area (TPSA) is 39.2 Å². The van der Waals surface area contributed by atoms with E-state index in [1.54, 1.807) is 13.8 Å². The Balaban J connectivity index is 3.44. The predicted molar refractivity (Wildman–Crippen MR) is 55.1 cm³/mol. The molecule has 0 N–H and O–H groups in total. The minimum Gasteiger partial charge on any atom is -0.465 e. The Bertz CT molecular complexity index is 391. The van der Waals surface area contributed by atoms with E-state index in [9.17, 15) is 4.79 Å². The summed E-state index contributed by atoms with van der Waals surface area (Å²) in [6.07, 6.45) is 0. The summed E-state index contributed by atoms with van der Waals surface area (Å²) in [5.41, 5.74) is 1.70. The average Bonchev–Trinajstić information content (AvgIpc) is 2.14. The Hall–Kier alpha value is -0.800. The summed E-state index contributed by atoms with van der Waals surface area (Å²) in [5, 5.41) is 0.380. The Morgan fingerprint density at radius 2 is 1.79 bits per heavy atom. The Kier molecular flexibility index (Phi) is 3.34. The number of carbonyl (C=O) groups excluding carboxylic acids is 1. The summed E-state index contributed by atoms with van der Waals surface area (Å²) < 4.78 is 4.59. The van der Waals surface area contributed by atoms with Crippen molar-refractivity contribution in [2.24, 2.45) is 0 Å². The van der Waals surface area contributed by atoms with Gasteiger partial charge in [0.05, 0.1) is 7.11 Å². The van der Waals surface area contributed by atoms with Crippen molar-refractivity contribution in [1.82, 2.24) is 4.98 Å². The first kappa shape index (κ1) is 11.3. The van der Waals surface area contributed by atoms with Crippen LogP contribution in [-0.4, -0.2) is 18.1 Å². The fraction of sp³-hybridized carbons (Fsp3) is 0.333. The smallest absolute Gasteiger partial charge is 0.341 e. The molecule has 0 unspecified atom stereocenters. The summed E-state index contributed by atoms with van der Waals surface area (Å²) >= 11 is 11.6. The van der Waals surface area contributed by atoms with Crippen molar-refractivity contribution < 1.29 is 9.53 Å². The molecule has 0 aliphatic heterocycles. The molecule has 3 nitrogen and oxygen atoms in total. The number of aromatic nitrogens is 1. The van der Waals surface area contributed by atoms with Gasteiger partial charge >= 0.3 is 5.97 Å². The molecule has 0 fully saturated rings. The molecule has 1 aromatic rings. The molecule has 76 valence electrons. The van der Waals surface area contributed by atoms with Gasteiger partial charge in [-0.25, -0.2) is 9.78 Å². The molecule has 1 aromatic heterocycles. The van der Waals surface area contributed by atoms with Crippen LogP contribution in [0.5, 0.6) is 0 Å². The molecular formula is C9H9Cl2NO2. The maximum atomic E-state index is 11.3. The molecule has 5 heteroatoms. The molecule has 0 aliphatic carbocycles. The molecule has 0 radical (unpaired) electrons. The number of hydrogen-bond donors (Lipinski definition) is 0. The molecule has 1 heterocycles.